The van der Waals surface area contributed by atoms with Gasteiger partial charge >= 0.3 is 5.97 Å². The summed E-state index contributed by atoms with van der Waals surface area (Å²) < 4.78 is 6.67. The number of aryl methyl sites for hydroxylation is 1. The van der Waals surface area contributed by atoms with E-state index in [-0.39, 0.29) is 5.97 Å². The second kappa shape index (κ2) is 4.35. The van der Waals surface area contributed by atoms with Gasteiger partial charge in [0.05, 0.1) is 18.5 Å². The third-order valence-electron chi connectivity index (χ3n) is 2.34. The van der Waals surface area contributed by atoms with Crippen molar-refractivity contribution in [3.8, 4) is 0 Å². The Labute approximate surface area is 93.8 Å². The largest absolute Gasteiger partial charge is 0.466 e. The maximum Gasteiger partial charge on any atom is 0.310 e. The van der Waals surface area contributed by atoms with E-state index in [1.807, 2.05) is 38.4 Å². The van der Waals surface area contributed by atoms with Gasteiger partial charge in [-0.15, -0.1) is 0 Å². The fraction of sp³-hybridized carbons (Fsp3) is 0.333. The third kappa shape index (κ3) is 2.21. The van der Waals surface area contributed by atoms with E-state index in [4.69, 9.17) is 4.74 Å². The van der Waals surface area contributed by atoms with Gasteiger partial charge in [-0.3, -0.25) is 9.48 Å². The Hall–Kier alpha value is -1.84. The molecule has 2 aromatic rings. The van der Waals surface area contributed by atoms with Crippen LogP contribution < -0.4 is 0 Å². The monoisotopic (exact) mass is 218 g/mol. The molecule has 16 heavy (non-hydrogen) atoms. The number of aromatic nitrogens is 2. The standard InChI is InChI=1S/C12H14N2O2/c1-3-16-12(15)7-9-4-5-11-10(6-9)8-14(2)13-11/h4-6,8H,3,7H2,1-2H3. The molecule has 0 aliphatic carbocycles. The fourth-order valence-corrected chi connectivity index (χ4v) is 1.69. The van der Waals surface area contributed by atoms with Crippen LogP contribution in [0, 0.1) is 0 Å². The molecule has 1 heterocycles. The number of esters is 1. The molecular weight excluding hydrogens is 204 g/mol. The number of benzene rings is 1. The van der Waals surface area contributed by atoms with Crippen LogP contribution in [0.25, 0.3) is 10.9 Å². The van der Waals surface area contributed by atoms with Crippen LogP contribution in [0.4, 0.5) is 0 Å². The highest BCUT2D eigenvalue weighted by Crippen LogP contribution is 2.14. The SMILES string of the molecule is CCOC(=O)Cc1ccc2nn(C)cc2c1. The normalized spacial score (nSPS) is 10.6. The minimum absolute atomic E-state index is 0.189. The highest BCUT2D eigenvalue weighted by atomic mass is 16.5. The Morgan fingerprint density at radius 1 is 1.50 bits per heavy atom. The average Bonchev–Trinajstić information content (AvgIpc) is 2.57. The predicted octanol–water partition coefficient (Wildman–Crippen LogP) is 1.68. The molecule has 4 nitrogen and oxygen atoms in total. The highest BCUT2D eigenvalue weighted by molar-refractivity contribution is 5.81. The van der Waals surface area contributed by atoms with Crippen molar-refractivity contribution in [1.29, 1.82) is 0 Å². The smallest absolute Gasteiger partial charge is 0.310 e. The molecule has 0 aliphatic rings. The first-order valence-corrected chi connectivity index (χ1v) is 5.27. The van der Waals surface area contributed by atoms with Crippen LogP contribution in [0.2, 0.25) is 0 Å². The molecule has 0 radical (unpaired) electrons. The summed E-state index contributed by atoms with van der Waals surface area (Å²) in [6.07, 6.45) is 2.25. The van der Waals surface area contributed by atoms with E-state index in [1.54, 1.807) is 4.68 Å². The highest BCUT2D eigenvalue weighted by Gasteiger charge is 2.05. The van der Waals surface area contributed by atoms with Crippen LogP contribution in [0.5, 0.6) is 0 Å². The number of rotatable bonds is 3. The Balaban J connectivity index is 2.22. The van der Waals surface area contributed by atoms with Crippen LogP contribution in [-0.4, -0.2) is 22.4 Å². The third-order valence-corrected chi connectivity index (χ3v) is 2.34. The summed E-state index contributed by atoms with van der Waals surface area (Å²) >= 11 is 0. The molecule has 0 bridgehead atoms. The van der Waals surface area contributed by atoms with Crippen molar-refractivity contribution in [2.45, 2.75) is 13.3 Å². The lowest BCUT2D eigenvalue weighted by Crippen LogP contribution is -2.07. The van der Waals surface area contributed by atoms with E-state index in [0.29, 0.717) is 13.0 Å². The van der Waals surface area contributed by atoms with Crippen molar-refractivity contribution < 1.29 is 9.53 Å². The average molecular weight is 218 g/mol. The Bertz CT molecular complexity index is 517. The topological polar surface area (TPSA) is 44.1 Å². The second-order valence-electron chi connectivity index (χ2n) is 3.68. The lowest BCUT2D eigenvalue weighted by atomic mass is 10.1. The van der Waals surface area contributed by atoms with Crippen LogP contribution >= 0.6 is 0 Å². The molecule has 2 rings (SSSR count). The minimum atomic E-state index is -0.189. The van der Waals surface area contributed by atoms with E-state index in [1.165, 1.54) is 0 Å². The number of hydrogen-bond acceptors (Lipinski definition) is 3. The molecule has 1 aromatic carbocycles. The predicted molar refractivity (Wildman–Crippen MR) is 61.1 cm³/mol. The van der Waals surface area contributed by atoms with Gasteiger partial charge in [-0.05, 0) is 24.6 Å². The van der Waals surface area contributed by atoms with Crippen molar-refractivity contribution in [3.05, 3.63) is 30.0 Å². The van der Waals surface area contributed by atoms with Crippen molar-refractivity contribution >= 4 is 16.9 Å². The summed E-state index contributed by atoms with van der Waals surface area (Å²) in [7, 11) is 1.88. The molecule has 0 amide bonds. The van der Waals surface area contributed by atoms with Crippen molar-refractivity contribution in [1.82, 2.24) is 9.78 Å². The maximum atomic E-state index is 11.3. The molecule has 4 heteroatoms. The molecule has 0 unspecified atom stereocenters. The van der Waals surface area contributed by atoms with Crippen molar-refractivity contribution in [2.75, 3.05) is 6.61 Å². The zero-order valence-electron chi connectivity index (χ0n) is 9.43. The zero-order chi connectivity index (χ0) is 11.5. The number of hydrogen-bond donors (Lipinski definition) is 0. The van der Waals surface area contributed by atoms with Crippen LogP contribution in [0.1, 0.15) is 12.5 Å². The van der Waals surface area contributed by atoms with Gasteiger partial charge in [0.2, 0.25) is 0 Å². The van der Waals surface area contributed by atoms with Gasteiger partial charge in [0.25, 0.3) is 0 Å². The number of ether oxygens (including phenoxy) is 1. The number of carbonyl (C=O) groups excluding carboxylic acids is 1. The van der Waals surface area contributed by atoms with Gasteiger partial charge in [-0.2, -0.15) is 5.10 Å². The Kier molecular flexibility index (Phi) is 2.90. The lowest BCUT2D eigenvalue weighted by molar-refractivity contribution is -0.142. The van der Waals surface area contributed by atoms with Gasteiger partial charge in [0.1, 0.15) is 0 Å². The van der Waals surface area contributed by atoms with E-state index >= 15 is 0 Å². The molecule has 1 aromatic heterocycles. The number of fused-ring (bicyclic) bond motifs is 1. The van der Waals surface area contributed by atoms with Gasteiger partial charge in [0.15, 0.2) is 0 Å². The van der Waals surface area contributed by atoms with Gasteiger partial charge in [-0.1, -0.05) is 6.07 Å². The molecular formula is C12H14N2O2. The van der Waals surface area contributed by atoms with Crippen LogP contribution in [0.15, 0.2) is 24.4 Å². The van der Waals surface area contributed by atoms with E-state index < -0.39 is 0 Å². The maximum absolute atomic E-state index is 11.3. The van der Waals surface area contributed by atoms with Crippen molar-refractivity contribution in [3.63, 3.8) is 0 Å². The molecule has 0 saturated heterocycles. The summed E-state index contributed by atoms with van der Waals surface area (Å²) in [4.78, 5) is 11.3. The minimum Gasteiger partial charge on any atom is -0.466 e. The van der Waals surface area contributed by atoms with E-state index in [2.05, 4.69) is 5.10 Å². The quantitative estimate of drug-likeness (QED) is 0.736. The first kappa shape index (κ1) is 10.7. The molecule has 0 atom stereocenters. The molecule has 84 valence electrons. The molecule has 0 fully saturated rings. The van der Waals surface area contributed by atoms with Crippen LogP contribution in [0.3, 0.4) is 0 Å². The van der Waals surface area contributed by atoms with Gasteiger partial charge in [0, 0.05) is 18.6 Å². The second-order valence-corrected chi connectivity index (χ2v) is 3.68. The van der Waals surface area contributed by atoms with Gasteiger partial charge in [-0.25, -0.2) is 0 Å². The van der Waals surface area contributed by atoms with E-state index in [0.717, 1.165) is 16.5 Å². The van der Waals surface area contributed by atoms with Crippen LogP contribution in [-0.2, 0) is 23.0 Å². The Morgan fingerprint density at radius 2 is 2.31 bits per heavy atom. The zero-order valence-corrected chi connectivity index (χ0v) is 9.43. The summed E-state index contributed by atoms with van der Waals surface area (Å²) in [6, 6.07) is 5.80. The molecule has 0 spiro atoms. The number of nitrogens with zero attached hydrogens (tertiary/aromatic N) is 2. The fourth-order valence-electron chi connectivity index (χ4n) is 1.69. The lowest BCUT2D eigenvalue weighted by Gasteiger charge is -2.01. The van der Waals surface area contributed by atoms with Crippen molar-refractivity contribution in [2.24, 2.45) is 7.05 Å². The van der Waals surface area contributed by atoms with Gasteiger partial charge < -0.3 is 4.74 Å². The number of carbonyl (C=O) groups is 1. The molecule has 0 aliphatic heterocycles. The summed E-state index contributed by atoms with van der Waals surface area (Å²) in [5.41, 5.74) is 1.90. The first-order chi connectivity index (χ1) is 7.69. The Morgan fingerprint density at radius 3 is 3.06 bits per heavy atom. The first-order valence-electron chi connectivity index (χ1n) is 5.27. The summed E-state index contributed by atoms with van der Waals surface area (Å²) in [5.74, 6) is -0.189. The summed E-state index contributed by atoms with van der Waals surface area (Å²) in [5, 5.41) is 5.32. The molecule has 0 saturated carbocycles. The summed E-state index contributed by atoms with van der Waals surface area (Å²) in [6.45, 7) is 2.23. The van der Waals surface area contributed by atoms with E-state index in [9.17, 15) is 4.79 Å². The molecule has 0 N–H and O–H groups in total.